The Balaban J connectivity index is 1.59. The van der Waals surface area contributed by atoms with Gasteiger partial charge in [-0.2, -0.15) is 10.5 Å². The van der Waals surface area contributed by atoms with Crippen molar-refractivity contribution in [1.29, 1.82) is 10.5 Å². The summed E-state index contributed by atoms with van der Waals surface area (Å²) in [6.07, 6.45) is 3.10. The van der Waals surface area contributed by atoms with Gasteiger partial charge in [0.15, 0.2) is 5.41 Å². The lowest BCUT2D eigenvalue weighted by molar-refractivity contribution is -0.124. The summed E-state index contributed by atoms with van der Waals surface area (Å²) >= 11 is 0. The number of carbonyl (C=O) groups excluding carboxylic acids is 1. The maximum atomic E-state index is 13.5. The minimum absolute atomic E-state index is 0.0218. The molecule has 2 aliphatic carbocycles. The van der Waals surface area contributed by atoms with Crippen LogP contribution < -0.4 is 5.32 Å². The van der Waals surface area contributed by atoms with Gasteiger partial charge in [-0.1, -0.05) is 87.9 Å². The van der Waals surface area contributed by atoms with E-state index in [1.807, 2.05) is 36.4 Å². The molecule has 1 amide bonds. The monoisotopic (exact) mass is 425 g/mol. The predicted octanol–water partition coefficient (Wildman–Crippen LogP) is 5.33. The molecule has 164 valence electrons. The van der Waals surface area contributed by atoms with E-state index in [-0.39, 0.29) is 29.2 Å². The van der Waals surface area contributed by atoms with Crippen molar-refractivity contribution in [2.75, 3.05) is 0 Å². The molecule has 4 nitrogen and oxygen atoms in total. The average Bonchev–Trinajstić information content (AvgIpc) is 3.50. The van der Waals surface area contributed by atoms with Crippen LogP contribution in [-0.2, 0) is 10.2 Å². The van der Waals surface area contributed by atoms with Crippen molar-refractivity contribution in [1.82, 2.24) is 5.32 Å². The molecule has 0 saturated heterocycles. The minimum Gasteiger partial charge on any atom is -0.353 e. The van der Waals surface area contributed by atoms with Gasteiger partial charge >= 0.3 is 0 Å². The Morgan fingerprint density at radius 2 is 1.59 bits per heavy atom. The molecule has 0 aromatic heterocycles. The van der Waals surface area contributed by atoms with Gasteiger partial charge in [0.2, 0.25) is 5.91 Å². The Bertz CT molecular complexity index is 1030. The molecule has 5 atom stereocenters. The topological polar surface area (TPSA) is 76.7 Å². The van der Waals surface area contributed by atoms with Gasteiger partial charge in [-0.15, -0.1) is 0 Å². The van der Waals surface area contributed by atoms with E-state index < -0.39 is 11.3 Å². The van der Waals surface area contributed by atoms with E-state index in [0.29, 0.717) is 5.92 Å². The van der Waals surface area contributed by atoms with Crippen molar-refractivity contribution in [3.05, 3.63) is 71.8 Å². The highest BCUT2D eigenvalue weighted by Crippen LogP contribution is 2.64. The fraction of sp³-hybridized carbons (Fsp3) is 0.464. The lowest BCUT2D eigenvalue weighted by atomic mass is 9.63. The Morgan fingerprint density at radius 3 is 2.19 bits per heavy atom. The fourth-order valence-electron chi connectivity index (χ4n) is 5.92. The second-order valence-electron chi connectivity index (χ2n) is 10.2. The molecule has 0 radical (unpaired) electrons. The highest BCUT2D eigenvalue weighted by atomic mass is 16.2. The SMILES string of the molecule is C[C@@H]1CC[C@@H](C(C)(C)c2ccccc2)[C@H](NC(=O)[C@H]2[C@H](c3ccccc3)C2(C#N)C#N)C1. The first-order valence-corrected chi connectivity index (χ1v) is 11.6. The molecular formula is C28H31N3O. The largest absolute Gasteiger partial charge is 0.353 e. The van der Waals surface area contributed by atoms with Crippen molar-refractivity contribution in [3.8, 4) is 12.1 Å². The zero-order chi connectivity index (χ0) is 22.9. The van der Waals surface area contributed by atoms with Crippen molar-refractivity contribution < 1.29 is 4.79 Å². The highest BCUT2D eigenvalue weighted by Gasteiger charge is 2.71. The van der Waals surface area contributed by atoms with Crippen molar-refractivity contribution in [2.24, 2.45) is 23.2 Å². The molecule has 0 unspecified atom stereocenters. The zero-order valence-corrected chi connectivity index (χ0v) is 19.1. The van der Waals surface area contributed by atoms with E-state index in [1.54, 1.807) is 0 Å². The van der Waals surface area contributed by atoms with Crippen molar-refractivity contribution in [2.45, 2.75) is 57.4 Å². The highest BCUT2D eigenvalue weighted by molar-refractivity contribution is 5.87. The van der Waals surface area contributed by atoms with Gasteiger partial charge in [0.05, 0.1) is 18.1 Å². The van der Waals surface area contributed by atoms with Crippen LogP contribution in [-0.4, -0.2) is 11.9 Å². The number of nitriles is 2. The second-order valence-corrected chi connectivity index (χ2v) is 10.2. The zero-order valence-electron chi connectivity index (χ0n) is 19.1. The third-order valence-corrected chi connectivity index (χ3v) is 7.90. The number of hydrogen-bond donors (Lipinski definition) is 1. The number of rotatable bonds is 5. The Morgan fingerprint density at radius 1 is 1.00 bits per heavy atom. The summed E-state index contributed by atoms with van der Waals surface area (Å²) in [7, 11) is 0. The normalized spacial score (nSPS) is 28.7. The van der Waals surface area contributed by atoms with E-state index in [1.165, 1.54) is 5.56 Å². The molecule has 0 bridgehead atoms. The van der Waals surface area contributed by atoms with Gasteiger partial charge in [-0.05, 0) is 41.2 Å². The summed E-state index contributed by atoms with van der Waals surface area (Å²) in [6.45, 7) is 6.77. The predicted molar refractivity (Wildman–Crippen MR) is 124 cm³/mol. The molecule has 0 heterocycles. The van der Waals surface area contributed by atoms with Gasteiger partial charge in [-0.3, -0.25) is 4.79 Å². The smallest absolute Gasteiger partial charge is 0.226 e. The van der Waals surface area contributed by atoms with E-state index in [9.17, 15) is 15.3 Å². The molecule has 2 aliphatic rings. The minimum atomic E-state index is -1.28. The van der Waals surface area contributed by atoms with Crippen LogP contribution in [0.4, 0.5) is 0 Å². The lowest BCUT2D eigenvalue weighted by Gasteiger charge is -2.45. The number of nitrogens with one attached hydrogen (secondary N) is 1. The van der Waals surface area contributed by atoms with Crippen LogP contribution in [0.2, 0.25) is 0 Å². The van der Waals surface area contributed by atoms with Crippen LogP contribution in [0.1, 0.15) is 57.1 Å². The van der Waals surface area contributed by atoms with Gasteiger partial charge in [0.25, 0.3) is 0 Å². The van der Waals surface area contributed by atoms with E-state index >= 15 is 0 Å². The van der Waals surface area contributed by atoms with Crippen molar-refractivity contribution >= 4 is 5.91 Å². The van der Waals surface area contributed by atoms with Gasteiger partial charge < -0.3 is 5.32 Å². The van der Waals surface area contributed by atoms with E-state index in [2.05, 4.69) is 62.5 Å². The second kappa shape index (κ2) is 8.44. The van der Waals surface area contributed by atoms with Crippen LogP contribution in [0.5, 0.6) is 0 Å². The van der Waals surface area contributed by atoms with Gasteiger partial charge in [-0.25, -0.2) is 0 Å². The first kappa shape index (κ1) is 22.1. The van der Waals surface area contributed by atoms with E-state index in [0.717, 1.165) is 24.8 Å². The van der Waals surface area contributed by atoms with Crippen LogP contribution >= 0.6 is 0 Å². The Kier molecular flexibility index (Phi) is 5.83. The Hall–Kier alpha value is -3.11. The number of benzene rings is 2. The number of carbonyl (C=O) groups is 1. The molecule has 1 N–H and O–H groups in total. The number of nitrogens with zero attached hydrogens (tertiary/aromatic N) is 2. The third kappa shape index (κ3) is 3.69. The maximum Gasteiger partial charge on any atom is 0.226 e. The summed E-state index contributed by atoms with van der Waals surface area (Å²) in [4.78, 5) is 13.5. The molecule has 2 saturated carbocycles. The molecular weight excluding hydrogens is 394 g/mol. The quantitative estimate of drug-likeness (QED) is 0.703. The number of hydrogen-bond acceptors (Lipinski definition) is 3. The molecule has 32 heavy (non-hydrogen) atoms. The molecule has 0 spiro atoms. The molecule has 4 rings (SSSR count). The molecule has 0 aliphatic heterocycles. The summed E-state index contributed by atoms with van der Waals surface area (Å²) in [5.41, 5.74) is 0.782. The summed E-state index contributed by atoms with van der Waals surface area (Å²) in [5.74, 6) is -0.339. The van der Waals surface area contributed by atoms with Crippen LogP contribution in [0.3, 0.4) is 0 Å². The first-order chi connectivity index (χ1) is 15.3. The Labute approximate surface area is 191 Å². The van der Waals surface area contributed by atoms with Crippen molar-refractivity contribution in [3.63, 3.8) is 0 Å². The third-order valence-electron chi connectivity index (χ3n) is 7.90. The molecule has 4 heteroatoms. The van der Waals surface area contributed by atoms with E-state index in [4.69, 9.17) is 0 Å². The lowest BCUT2D eigenvalue weighted by Crippen LogP contribution is -2.51. The maximum absolute atomic E-state index is 13.5. The summed E-state index contributed by atoms with van der Waals surface area (Å²) in [5, 5.41) is 23.0. The molecule has 2 fully saturated rings. The van der Waals surface area contributed by atoms with Crippen LogP contribution in [0, 0.1) is 45.8 Å². The number of amides is 1. The average molecular weight is 426 g/mol. The fourth-order valence-corrected chi connectivity index (χ4v) is 5.92. The van der Waals surface area contributed by atoms with Gasteiger partial charge in [0.1, 0.15) is 0 Å². The van der Waals surface area contributed by atoms with Crippen LogP contribution in [0.15, 0.2) is 60.7 Å². The standard InChI is InChI=1S/C28H31N3O/c1-19-14-15-22(27(2,3)21-12-8-5-9-13-21)23(16-19)31-26(32)25-24(28(25,17-29)18-30)20-10-6-4-7-11-20/h4-13,19,22-25H,14-16H2,1-3H3,(H,31,32)/t19-,22-,23-,24+,25-/m1/s1. The van der Waals surface area contributed by atoms with Gasteiger partial charge in [0, 0.05) is 12.0 Å². The van der Waals surface area contributed by atoms with Crippen LogP contribution in [0.25, 0.3) is 0 Å². The summed E-state index contributed by atoms with van der Waals surface area (Å²) in [6, 6.07) is 24.4. The summed E-state index contributed by atoms with van der Waals surface area (Å²) < 4.78 is 0. The molecule has 2 aromatic rings. The first-order valence-electron chi connectivity index (χ1n) is 11.6. The molecule has 2 aromatic carbocycles.